The van der Waals surface area contributed by atoms with Crippen LogP contribution in [0.15, 0.2) is 34.1 Å². The Morgan fingerprint density at radius 3 is 2.32 bits per heavy atom. The quantitative estimate of drug-likeness (QED) is 0.758. The molecule has 25 heavy (non-hydrogen) atoms. The van der Waals surface area contributed by atoms with Crippen LogP contribution in [0.4, 0.5) is 0 Å². The maximum absolute atomic E-state index is 12.9. The van der Waals surface area contributed by atoms with Crippen molar-refractivity contribution in [3.63, 3.8) is 0 Å². The van der Waals surface area contributed by atoms with E-state index in [-0.39, 0.29) is 28.2 Å². The highest BCUT2D eigenvalue weighted by Gasteiger charge is 2.32. The summed E-state index contributed by atoms with van der Waals surface area (Å²) < 4.78 is 53.7. The Balaban J connectivity index is 0.00000312. The van der Waals surface area contributed by atoms with Gasteiger partial charge in [-0.2, -0.15) is 8.61 Å². The van der Waals surface area contributed by atoms with Gasteiger partial charge < -0.3 is 5.32 Å². The average molecular weight is 412 g/mol. The van der Waals surface area contributed by atoms with E-state index < -0.39 is 20.0 Å². The third kappa shape index (κ3) is 4.53. The number of benzene rings is 1. The fourth-order valence-corrected chi connectivity index (χ4v) is 6.08. The maximum Gasteiger partial charge on any atom is 0.243 e. The van der Waals surface area contributed by atoms with Gasteiger partial charge in [-0.25, -0.2) is 16.8 Å². The van der Waals surface area contributed by atoms with Crippen LogP contribution >= 0.6 is 12.4 Å². The Kier molecular flexibility index (Phi) is 7.85. The Hall–Kier alpha value is -0.710. The molecule has 0 spiro atoms. The molecule has 1 aromatic carbocycles. The van der Waals surface area contributed by atoms with E-state index in [1.165, 1.54) is 32.9 Å². The molecule has 0 amide bonds. The minimum atomic E-state index is -3.72. The van der Waals surface area contributed by atoms with Gasteiger partial charge in [-0.15, -0.1) is 12.4 Å². The summed E-state index contributed by atoms with van der Waals surface area (Å²) in [5, 5.41) is 3.15. The summed E-state index contributed by atoms with van der Waals surface area (Å²) in [5.41, 5.74) is 0. The molecular weight excluding hydrogens is 386 g/mol. The smallest absolute Gasteiger partial charge is 0.243 e. The van der Waals surface area contributed by atoms with Crippen LogP contribution in [0.2, 0.25) is 0 Å². The van der Waals surface area contributed by atoms with Gasteiger partial charge in [-0.05, 0) is 25.1 Å². The van der Waals surface area contributed by atoms with Gasteiger partial charge in [0.05, 0.1) is 9.79 Å². The second-order valence-corrected chi connectivity index (χ2v) is 9.56. The summed E-state index contributed by atoms with van der Waals surface area (Å²) in [5.74, 6) is 0. The fourth-order valence-electron chi connectivity index (χ4n) is 2.82. The average Bonchev–Trinajstić information content (AvgIpc) is 2.56. The Labute approximate surface area is 156 Å². The van der Waals surface area contributed by atoms with Crippen molar-refractivity contribution >= 4 is 32.5 Å². The molecular formula is C15H26ClN3O4S2. The van der Waals surface area contributed by atoms with Gasteiger partial charge in [-0.3, -0.25) is 0 Å². The molecule has 1 aromatic rings. The summed E-state index contributed by atoms with van der Waals surface area (Å²) >= 11 is 0. The van der Waals surface area contributed by atoms with Gasteiger partial charge in [0, 0.05) is 38.8 Å². The largest absolute Gasteiger partial charge is 0.314 e. The lowest BCUT2D eigenvalue weighted by molar-refractivity contribution is 0.284. The van der Waals surface area contributed by atoms with E-state index in [1.54, 1.807) is 13.8 Å². The molecule has 1 fully saturated rings. The predicted molar refractivity (Wildman–Crippen MR) is 100 cm³/mol. The van der Waals surface area contributed by atoms with Crippen LogP contribution in [0.1, 0.15) is 20.8 Å². The molecule has 0 radical (unpaired) electrons. The molecule has 0 aromatic heterocycles. The third-order valence-corrected chi connectivity index (χ3v) is 8.25. The Morgan fingerprint density at radius 2 is 1.76 bits per heavy atom. The predicted octanol–water partition coefficient (Wildman–Crippen LogP) is 1.12. The molecule has 1 aliphatic rings. The summed E-state index contributed by atoms with van der Waals surface area (Å²) in [7, 11) is -7.41. The van der Waals surface area contributed by atoms with E-state index in [4.69, 9.17) is 0 Å². The molecule has 0 bridgehead atoms. The zero-order valence-corrected chi connectivity index (χ0v) is 17.1. The highest BCUT2D eigenvalue weighted by atomic mass is 35.5. The summed E-state index contributed by atoms with van der Waals surface area (Å²) in [4.78, 5) is 0.0274. The molecule has 144 valence electrons. The number of piperazine rings is 1. The molecule has 0 saturated carbocycles. The van der Waals surface area contributed by atoms with Crippen LogP contribution in [0.5, 0.6) is 0 Å². The van der Waals surface area contributed by atoms with E-state index in [9.17, 15) is 16.8 Å². The topological polar surface area (TPSA) is 86.8 Å². The van der Waals surface area contributed by atoms with Crippen molar-refractivity contribution in [2.24, 2.45) is 0 Å². The van der Waals surface area contributed by atoms with Crippen LogP contribution in [0, 0.1) is 0 Å². The van der Waals surface area contributed by atoms with Crippen molar-refractivity contribution in [3.8, 4) is 0 Å². The van der Waals surface area contributed by atoms with Gasteiger partial charge in [0.2, 0.25) is 20.0 Å². The van der Waals surface area contributed by atoms with Gasteiger partial charge in [-0.1, -0.05) is 19.9 Å². The highest BCUT2D eigenvalue weighted by Crippen LogP contribution is 2.23. The van der Waals surface area contributed by atoms with E-state index in [0.29, 0.717) is 32.7 Å². The summed E-state index contributed by atoms with van der Waals surface area (Å²) in [6.45, 7) is 7.55. The van der Waals surface area contributed by atoms with Crippen molar-refractivity contribution in [2.75, 3.05) is 32.7 Å². The van der Waals surface area contributed by atoms with Crippen LogP contribution in [-0.4, -0.2) is 64.2 Å². The lowest BCUT2D eigenvalue weighted by atomic mass is 10.3. The lowest BCUT2D eigenvalue weighted by Gasteiger charge is -2.33. The van der Waals surface area contributed by atoms with E-state index >= 15 is 0 Å². The highest BCUT2D eigenvalue weighted by molar-refractivity contribution is 7.90. The van der Waals surface area contributed by atoms with Gasteiger partial charge in [0.25, 0.3) is 0 Å². The third-order valence-electron chi connectivity index (χ3n) is 4.20. The molecule has 1 aliphatic heterocycles. The zero-order valence-electron chi connectivity index (χ0n) is 14.7. The van der Waals surface area contributed by atoms with Crippen LogP contribution in [-0.2, 0) is 20.0 Å². The number of sulfonamides is 2. The molecule has 0 unspecified atom stereocenters. The Morgan fingerprint density at radius 1 is 1.16 bits per heavy atom. The van der Waals surface area contributed by atoms with Gasteiger partial charge in [0.1, 0.15) is 0 Å². The molecule has 2 rings (SSSR count). The molecule has 10 heteroatoms. The summed E-state index contributed by atoms with van der Waals surface area (Å²) in [6.07, 6.45) is 0. The first-order valence-corrected chi connectivity index (χ1v) is 11.0. The molecule has 1 saturated heterocycles. The minimum Gasteiger partial charge on any atom is -0.314 e. The number of hydrogen-bond acceptors (Lipinski definition) is 5. The van der Waals surface area contributed by atoms with Crippen molar-refractivity contribution in [2.45, 2.75) is 36.6 Å². The van der Waals surface area contributed by atoms with E-state index in [2.05, 4.69) is 5.32 Å². The number of nitrogens with zero attached hydrogens (tertiary/aromatic N) is 2. The number of nitrogens with one attached hydrogen (secondary N) is 1. The number of hydrogen-bond donors (Lipinski definition) is 1. The number of rotatable bonds is 6. The SMILES string of the molecule is CCN(CC)S(=O)(=O)c1cccc(S(=O)(=O)N2CCNC[C@H]2C)c1.Cl. The molecule has 7 nitrogen and oxygen atoms in total. The fraction of sp³-hybridized carbons (Fsp3) is 0.600. The van der Waals surface area contributed by atoms with Crippen molar-refractivity contribution < 1.29 is 16.8 Å². The second-order valence-electron chi connectivity index (χ2n) is 5.73. The zero-order chi connectivity index (χ0) is 18.0. The van der Waals surface area contributed by atoms with Crippen molar-refractivity contribution in [1.82, 2.24) is 13.9 Å². The normalized spacial score (nSPS) is 19.6. The molecule has 1 atom stereocenters. The van der Waals surface area contributed by atoms with Crippen LogP contribution < -0.4 is 5.32 Å². The van der Waals surface area contributed by atoms with Crippen LogP contribution in [0.25, 0.3) is 0 Å². The molecule has 1 heterocycles. The first-order chi connectivity index (χ1) is 11.2. The Bertz CT molecular complexity index is 780. The van der Waals surface area contributed by atoms with Gasteiger partial charge in [0.15, 0.2) is 0 Å². The van der Waals surface area contributed by atoms with Crippen molar-refractivity contribution in [3.05, 3.63) is 24.3 Å². The van der Waals surface area contributed by atoms with Crippen molar-refractivity contribution in [1.29, 1.82) is 0 Å². The van der Waals surface area contributed by atoms with Gasteiger partial charge >= 0.3 is 0 Å². The van der Waals surface area contributed by atoms with Crippen LogP contribution in [0.3, 0.4) is 0 Å². The second kappa shape index (κ2) is 8.79. The molecule has 0 aliphatic carbocycles. The molecule has 1 N–H and O–H groups in total. The minimum absolute atomic E-state index is 0. The first kappa shape index (κ1) is 22.3. The monoisotopic (exact) mass is 411 g/mol. The lowest BCUT2D eigenvalue weighted by Crippen LogP contribution is -2.52. The number of halogens is 1. The summed E-state index contributed by atoms with van der Waals surface area (Å²) in [6, 6.07) is 5.46. The maximum atomic E-state index is 12.9. The standard InChI is InChI=1S/C15H25N3O4S2.ClH/c1-4-17(5-2)23(19,20)14-7-6-8-15(11-14)24(21,22)18-10-9-16-12-13(18)3;/h6-8,11,13,16H,4-5,9-10,12H2,1-3H3;1H/t13-;/m1./s1. The first-order valence-electron chi connectivity index (χ1n) is 8.08. The van der Waals surface area contributed by atoms with E-state index in [0.717, 1.165) is 0 Å². The van der Waals surface area contributed by atoms with E-state index in [1.807, 2.05) is 6.92 Å².